The van der Waals surface area contributed by atoms with E-state index in [1.165, 1.54) is 30.3 Å². The highest BCUT2D eigenvalue weighted by Crippen LogP contribution is 2.27. The van der Waals surface area contributed by atoms with Crippen molar-refractivity contribution in [3.63, 3.8) is 0 Å². The Morgan fingerprint density at radius 1 is 1.08 bits per heavy atom. The summed E-state index contributed by atoms with van der Waals surface area (Å²) < 4.78 is 44.5. The molecule has 0 aliphatic carbocycles. The Labute approximate surface area is 150 Å². The van der Waals surface area contributed by atoms with Crippen LogP contribution in [0.15, 0.2) is 52.1 Å². The molecule has 134 valence electrons. The molecule has 9 heteroatoms. The van der Waals surface area contributed by atoms with E-state index in [1.807, 2.05) is 0 Å². The van der Waals surface area contributed by atoms with E-state index in [0.29, 0.717) is 5.56 Å². The van der Waals surface area contributed by atoms with Gasteiger partial charge in [-0.3, -0.25) is 4.79 Å². The normalized spacial score (nSPS) is 12.0. The molecule has 1 aromatic heterocycles. The molecule has 0 fully saturated rings. The molecule has 2 aromatic carbocycles. The lowest BCUT2D eigenvalue weighted by Crippen LogP contribution is -2.22. The van der Waals surface area contributed by atoms with Crippen LogP contribution in [0.25, 0.3) is 11.5 Å². The fourth-order valence-electron chi connectivity index (χ4n) is 1.99. The van der Waals surface area contributed by atoms with Gasteiger partial charge in [0.25, 0.3) is 5.22 Å². The van der Waals surface area contributed by atoms with E-state index in [-0.39, 0.29) is 22.6 Å². The van der Waals surface area contributed by atoms with Gasteiger partial charge in [-0.2, -0.15) is 0 Å². The van der Waals surface area contributed by atoms with Crippen LogP contribution in [0.4, 0.5) is 18.9 Å². The highest BCUT2D eigenvalue weighted by Gasteiger charge is 2.19. The molecule has 0 saturated heterocycles. The molecular weight excluding hydrogens is 367 g/mol. The second kappa shape index (κ2) is 7.61. The van der Waals surface area contributed by atoms with Crippen molar-refractivity contribution < 1.29 is 22.4 Å². The largest absolute Gasteiger partial charge is 0.411 e. The van der Waals surface area contributed by atoms with E-state index < -0.39 is 22.8 Å². The number of carbonyl (C=O) groups is 1. The molecule has 0 spiro atoms. The summed E-state index contributed by atoms with van der Waals surface area (Å²) in [4.78, 5) is 12.1. The standard InChI is InChI=1S/C17H12F3N3O2S/c1-9(15(24)21-12-6-7-13(19)14(20)8-12)26-17-23-22-16(25-17)10-2-4-11(18)5-3-10/h2-9H,1H3,(H,21,24)/t9-/m1/s1. The molecule has 5 nitrogen and oxygen atoms in total. The maximum absolute atomic E-state index is 13.2. The van der Waals surface area contributed by atoms with Gasteiger partial charge in [0, 0.05) is 17.3 Å². The van der Waals surface area contributed by atoms with Crippen LogP contribution in [0, 0.1) is 17.5 Å². The number of amides is 1. The topological polar surface area (TPSA) is 68.0 Å². The van der Waals surface area contributed by atoms with E-state index in [0.717, 1.165) is 23.9 Å². The minimum atomic E-state index is -1.05. The second-order valence-corrected chi connectivity index (χ2v) is 6.55. The minimum absolute atomic E-state index is 0.138. The molecular formula is C17H12F3N3O2S. The van der Waals surface area contributed by atoms with Gasteiger partial charge >= 0.3 is 0 Å². The molecule has 0 unspecified atom stereocenters. The molecule has 0 bridgehead atoms. The molecule has 0 aliphatic heterocycles. The number of rotatable bonds is 5. The van der Waals surface area contributed by atoms with Crippen LogP contribution in [0.5, 0.6) is 0 Å². The number of nitrogens with zero attached hydrogens (tertiary/aromatic N) is 2. The van der Waals surface area contributed by atoms with Gasteiger partial charge < -0.3 is 9.73 Å². The summed E-state index contributed by atoms with van der Waals surface area (Å²) in [6, 6.07) is 8.61. The Hall–Kier alpha value is -2.81. The summed E-state index contributed by atoms with van der Waals surface area (Å²) in [6.45, 7) is 1.60. The van der Waals surface area contributed by atoms with Gasteiger partial charge in [0.05, 0.1) is 5.25 Å². The van der Waals surface area contributed by atoms with Crippen molar-refractivity contribution in [2.24, 2.45) is 0 Å². The number of carbonyl (C=O) groups excluding carboxylic acids is 1. The van der Waals surface area contributed by atoms with Crippen molar-refractivity contribution >= 4 is 23.4 Å². The fraction of sp³-hybridized carbons (Fsp3) is 0.118. The summed E-state index contributed by atoms with van der Waals surface area (Å²) in [6.07, 6.45) is 0. The number of hydrogen-bond donors (Lipinski definition) is 1. The number of thioether (sulfide) groups is 1. The van der Waals surface area contributed by atoms with Gasteiger partial charge in [0.1, 0.15) is 5.82 Å². The van der Waals surface area contributed by atoms with E-state index in [4.69, 9.17) is 4.42 Å². The quantitative estimate of drug-likeness (QED) is 0.671. The zero-order chi connectivity index (χ0) is 18.7. The fourth-order valence-corrected chi connectivity index (χ4v) is 2.67. The molecule has 1 atom stereocenters. The molecule has 1 N–H and O–H groups in total. The van der Waals surface area contributed by atoms with Crippen molar-refractivity contribution in [1.29, 1.82) is 0 Å². The molecule has 26 heavy (non-hydrogen) atoms. The predicted molar refractivity (Wildman–Crippen MR) is 90.0 cm³/mol. The number of benzene rings is 2. The highest BCUT2D eigenvalue weighted by atomic mass is 32.2. The van der Waals surface area contributed by atoms with Crippen molar-refractivity contribution in [3.05, 3.63) is 59.9 Å². The third-order valence-corrected chi connectivity index (χ3v) is 4.27. The molecule has 1 amide bonds. The average Bonchev–Trinajstić information content (AvgIpc) is 3.07. The Morgan fingerprint density at radius 3 is 2.50 bits per heavy atom. The number of hydrogen-bond acceptors (Lipinski definition) is 5. The van der Waals surface area contributed by atoms with Gasteiger partial charge in [-0.1, -0.05) is 11.8 Å². The van der Waals surface area contributed by atoms with Gasteiger partial charge in [-0.05, 0) is 43.3 Å². The molecule has 0 saturated carbocycles. The lowest BCUT2D eigenvalue weighted by molar-refractivity contribution is -0.115. The summed E-state index contributed by atoms with van der Waals surface area (Å²) in [7, 11) is 0. The van der Waals surface area contributed by atoms with Gasteiger partial charge in [-0.25, -0.2) is 13.2 Å². The van der Waals surface area contributed by atoms with Crippen LogP contribution in [0.1, 0.15) is 6.92 Å². The lowest BCUT2D eigenvalue weighted by Gasteiger charge is -2.10. The molecule has 0 aliphatic rings. The number of aromatic nitrogens is 2. The number of halogens is 3. The highest BCUT2D eigenvalue weighted by molar-refractivity contribution is 8.00. The molecule has 1 heterocycles. The smallest absolute Gasteiger partial charge is 0.277 e. The Kier molecular flexibility index (Phi) is 5.27. The SMILES string of the molecule is C[C@@H](Sc1nnc(-c2ccc(F)cc2)o1)C(=O)Nc1ccc(F)c(F)c1. The minimum Gasteiger partial charge on any atom is -0.411 e. The average molecular weight is 379 g/mol. The van der Waals surface area contributed by atoms with Gasteiger partial charge in [0.15, 0.2) is 11.6 Å². The summed E-state index contributed by atoms with van der Waals surface area (Å²) in [5.74, 6) is -2.68. The Balaban J connectivity index is 1.64. The monoisotopic (exact) mass is 379 g/mol. The Bertz CT molecular complexity index is 931. The molecule has 3 aromatic rings. The maximum Gasteiger partial charge on any atom is 0.277 e. The van der Waals surface area contributed by atoms with E-state index in [1.54, 1.807) is 6.92 Å². The predicted octanol–water partition coefficient (Wildman–Crippen LogP) is 4.27. The Morgan fingerprint density at radius 2 is 1.81 bits per heavy atom. The van der Waals surface area contributed by atoms with Crippen LogP contribution in [-0.4, -0.2) is 21.4 Å². The first kappa shape index (κ1) is 18.0. The van der Waals surface area contributed by atoms with Crippen LogP contribution in [-0.2, 0) is 4.79 Å². The summed E-state index contributed by atoms with van der Waals surface area (Å²) in [5, 5.41) is 9.68. The van der Waals surface area contributed by atoms with Crippen molar-refractivity contribution in [2.75, 3.05) is 5.32 Å². The second-order valence-electron chi connectivity index (χ2n) is 5.26. The van der Waals surface area contributed by atoms with Crippen LogP contribution < -0.4 is 5.32 Å². The van der Waals surface area contributed by atoms with Crippen molar-refractivity contribution in [2.45, 2.75) is 17.4 Å². The molecule has 0 radical (unpaired) electrons. The van der Waals surface area contributed by atoms with E-state index >= 15 is 0 Å². The van der Waals surface area contributed by atoms with Crippen LogP contribution in [0.2, 0.25) is 0 Å². The zero-order valence-electron chi connectivity index (χ0n) is 13.4. The van der Waals surface area contributed by atoms with E-state index in [2.05, 4.69) is 15.5 Å². The van der Waals surface area contributed by atoms with Crippen LogP contribution in [0.3, 0.4) is 0 Å². The first-order chi connectivity index (χ1) is 12.4. The van der Waals surface area contributed by atoms with Gasteiger partial charge in [0.2, 0.25) is 11.8 Å². The molecule has 3 rings (SSSR count). The first-order valence-electron chi connectivity index (χ1n) is 7.44. The number of anilines is 1. The summed E-state index contributed by atoms with van der Waals surface area (Å²) in [5.41, 5.74) is 0.684. The lowest BCUT2D eigenvalue weighted by atomic mass is 10.2. The van der Waals surface area contributed by atoms with Crippen molar-refractivity contribution in [1.82, 2.24) is 10.2 Å². The van der Waals surface area contributed by atoms with Crippen molar-refractivity contribution in [3.8, 4) is 11.5 Å². The van der Waals surface area contributed by atoms with Gasteiger partial charge in [-0.15, -0.1) is 10.2 Å². The zero-order valence-corrected chi connectivity index (χ0v) is 14.2. The third-order valence-electron chi connectivity index (χ3n) is 3.33. The summed E-state index contributed by atoms with van der Waals surface area (Å²) >= 11 is 1.00. The third kappa shape index (κ3) is 4.23. The van der Waals surface area contributed by atoms with E-state index in [9.17, 15) is 18.0 Å². The van der Waals surface area contributed by atoms with Crippen LogP contribution >= 0.6 is 11.8 Å². The maximum atomic E-state index is 13.2. The first-order valence-corrected chi connectivity index (χ1v) is 8.32. The number of nitrogens with one attached hydrogen (secondary N) is 1.